The minimum Gasteiger partial charge on any atom is -0.212 e. The third-order valence-corrected chi connectivity index (χ3v) is 4.96. The number of hydrogen-bond donors (Lipinski definition) is 0. The van der Waals surface area contributed by atoms with Crippen LogP contribution in [0.4, 0.5) is 0 Å². The molecular weight excluding hydrogens is 186 g/mol. The summed E-state index contributed by atoms with van der Waals surface area (Å²) in [7, 11) is -2.95. The zero-order valence-electron chi connectivity index (χ0n) is 8.71. The number of sulfonamides is 1. The summed E-state index contributed by atoms with van der Waals surface area (Å²) >= 11 is 0. The highest BCUT2D eigenvalue weighted by molar-refractivity contribution is 7.89. The third kappa shape index (κ3) is 2.23. The quantitative estimate of drug-likeness (QED) is 0.699. The molecule has 78 valence electrons. The topological polar surface area (TPSA) is 37.4 Å². The molecule has 1 atom stereocenters. The van der Waals surface area contributed by atoms with E-state index in [-0.39, 0.29) is 11.2 Å². The first-order valence-electron chi connectivity index (χ1n) is 4.91. The predicted molar refractivity (Wildman–Crippen MR) is 54.0 cm³/mol. The van der Waals surface area contributed by atoms with Crippen LogP contribution in [0, 0.1) is 5.41 Å². The standard InChI is InChI=1S/C9H19NO2S/c1-4-9(3)6-7-10(8-9)13(11,12)5-2/h4-8H2,1-3H3. The van der Waals surface area contributed by atoms with Crippen LogP contribution in [0.15, 0.2) is 0 Å². The van der Waals surface area contributed by atoms with Gasteiger partial charge in [-0.05, 0) is 25.2 Å². The Hall–Kier alpha value is -0.0900. The Labute approximate surface area is 81.2 Å². The fourth-order valence-corrected chi connectivity index (χ4v) is 2.93. The first-order chi connectivity index (χ1) is 5.93. The molecule has 3 nitrogen and oxygen atoms in total. The van der Waals surface area contributed by atoms with Crippen LogP contribution in [-0.4, -0.2) is 31.6 Å². The van der Waals surface area contributed by atoms with Crippen LogP contribution in [0.3, 0.4) is 0 Å². The normalized spacial score (nSPS) is 31.0. The largest absolute Gasteiger partial charge is 0.213 e. The highest BCUT2D eigenvalue weighted by Crippen LogP contribution is 2.34. The molecule has 0 aromatic carbocycles. The molecular formula is C9H19NO2S. The Morgan fingerprint density at radius 2 is 2.00 bits per heavy atom. The van der Waals surface area contributed by atoms with E-state index in [0.29, 0.717) is 13.1 Å². The van der Waals surface area contributed by atoms with Crippen molar-refractivity contribution in [3.63, 3.8) is 0 Å². The van der Waals surface area contributed by atoms with E-state index in [9.17, 15) is 8.42 Å². The zero-order chi connectivity index (χ0) is 10.1. The molecule has 1 rings (SSSR count). The van der Waals surface area contributed by atoms with Gasteiger partial charge in [-0.2, -0.15) is 0 Å². The summed E-state index contributed by atoms with van der Waals surface area (Å²) in [6.07, 6.45) is 2.06. The molecule has 0 radical (unpaired) electrons. The molecule has 0 spiro atoms. The van der Waals surface area contributed by atoms with E-state index in [1.807, 2.05) is 0 Å². The fourth-order valence-electron chi connectivity index (χ4n) is 1.69. The summed E-state index contributed by atoms with van der Waals surface area (Å²) in [6.45, 7) is 7.41. The summed E-state index contributed by atoms with van der Waals surface area (Å²) in [4.78, 5) is 0. The van der Waals surface area contributed by atoms with Gasteiger partial charge in [-0.1, -0.05) is 13.8 Å². The van der Waals surface area contributed by atoms with Gasteiger partial charge in [0.1, 0.15) is 0 Å². The maximum atomic E-state index is 11.5. The summed E-state index contributed by atoms with van der Waals surface area (Å²) < 4.78 is 24.7. The van der Waals surface area contributed by atoms with Crippen LogP contribution in [0.2, 0.25) is 0 Å². The Balaban J connectivity index is 2.71. The highest BCUT2D eigenvalue weighted by Gasteiger charge is 2.36. The summed E-state index contributed by atoms with van der Waals surface area (Å²) in [5.41, 5.74) is 0.211. The van der Waals surface area contributed by atoms with E-state index in [1.165, 1.54) is 0 Å². The lowest BCUT2D eigenvalue weighted by Gasteiger charge is -2.22. The lowest BCUT2D eigenvalue weighted by atomic mass is 9.87. The number of rotatable bonds is 3. The van der Waals surface area contributed by atoms with E-state index in [2.05, 4.69) is 13.8 Å². The van der Waals surface area contributed by atoms with Crippen LogP contribution in [0.5, 0.6) is 0 Å². The maximum absolute atomic E-state index is 11.5. The molecule has 1 heterocycles. The lowest BCUT2D eigenvalue weighted by Crippen LogP contribution is -2.32. The van der Waals surface area contributed by atoms with Gasteiger partial charge in [-0.25, -0.2) is 12.7 Å². The van der Waals surface area contributed by atoms with Gasteiger partial charge in [0.05, 0.1) is 5.75 Å². The Kier molecular flexibility index (Phi) is 3.02. The molecule has 1 aliphatic rings. The summed E-state index contributed by atoms with van der Waals surface area (Å²) in [6, 6.07) is 0. The van der Waals surface area contributed by atoms with Crippen molar-refractivity contribution in [2.45, 2.75) is 33.6 Å². The van der Waals surface area contributed by atoms with E-state index in [4.69, 9.17) is 0 Å². The first kappa shape index (κ1) is 11.0. The molecule has 0 bridgehead atoms. The Morgan fingerprint density at radius 3 is 2.38 bits per heavy atom. The lowest BCUT2D eigenvalue weighted by molar-refractivity contribution is 0.327. The average Bonchev–Trinajstić information content (AvgIpc) is 2.50. The molecule has 4 heteroatoms. The van der Waals surface area contributed by atoms with Crippen molar-refractivity contribution in [3.05, 3.63) is 0 Å². The van der Waals surface area contributed by atoms with E-state index < -0.39 is 10.0 Å². The van der Waals surface area contributed by atoms with Crippen molar-refractivity contribution >= 4 is 10.0 Å². The van der Waals surface area contributed by atoms with Crippen LogP contribution in [0.25, 0.3) is 0 Å². The molecule has 0 saturated carbocycles. The maximum Gasteiger partial charge on any atom is 0.213 e. The monoisotopic (exact) mass is 205 g/mol. The van der Waals surface area contributed by atoms with Gasteiger partial charge in [0, 0.05) is 13.1 Å². The second kappa shape index (κ2) is 3.58. The van der Waals surface area contributed by atoms with Gasteiger partial charge < -0.3 is 0 Å². The molecule has 1 unspecified atom stereocenters. The van der Waals surface area contributed by atoms with Crippen molar-refractivity contribution in [3.8, 4) is 0 Å². The third-order valence-electron chi connectivity index (χ3n) is 3.13. The highest BCUT2D eigenvalue weighted by atomic mass is 32.2. The molecule has 0 N–H and O–H groups in total. The average molecular weight is 205 g/mol. The van der Waals surface area contributed by atoms with Crippen LogP contribution < -0.4 is 0 Å². The number of nitrogens with zero attached hydrogens (tertiary/aromatic N) is 1. The van der Waals surface area contributed by atoms with Gasteiger partial charge in [0.15, 0.2) is 0 Å². The zero-order valence-corrected chi connectivity index (χ0v) is 9.52. The SMILES string of the molecule is CCC1(C)CCN(S(=O)(=O)CC)C1. The fraction of sp³-hybridized carbons (Fsp3) is 1.00. The van der Waals surface area contributed by atoms with Crippen LogP contribution in [-0.2, 0) is 10.0 Å². The van der Waals surface area contributed by atoms with Gasteiger partial charge in [-0.15, -0.1) is 0 Å². The molecule has 0 aliphatic carbocycles. The Morgan fingerprint density at radius 1 is 1.38 bits per heavy atom. The molecule has 1 fully saturated rings. The smallest absolute Gasteiger partial charge is 0.212 e. The minimum absolute atomic E-state index is 0.211. The second-order valence-electron chi connectivity index (χ2n) is 4.15. The first-order valence-corrected chi connectivity index (χ1v) is 6.52. The van der Waals surface area contributed by atoms with Gasteiger partial charge in [0.25, 0.3) is 0 Å². The van der Waals surface area contributed by atoms with E-state index in [0.717, 1.165) is 12.8 Å². The summed E-state index contributed by atoms with van der Waals surface area (Å²) in [5, 5.41) is 0. The molecule has 1 aliphatic heterocycles. The number of hydrogen-bond acceptors (Lipinski definition) is 2. The molecule has 13 heavy (non-hydrogen) atoms. The van der Waals surface area contributed by atoms with Gasteiger partial charge in [0.2, 0.25) is 10.0 Å². The van der Waals surface area contributed by atoms with Crippen LogP contribution >= 0.6 is 0 Å². The molecule has 0 aromatic heterocycles. The minimum atomic E-state index is -2.95. The van der Waals surface area contributed by atoms with Gasteiger partial charge >= 0.3 is 0 Å². The molecule has 1 saturated heterocycles. The summed E-state index contributed by atoms with van der Waals surface area (Å²) in [5.74, 6) is 0.229. The second-order valence-corrected chi connectivity index (χ2v) is 6.41. The van der Waals surface area contributed by atoms with Crippen molar-refractivity contribution < 1.29 is 8.42 Å². The molecule has 0 aromatic rings. The van der Waals surface area contributed by atoms with Crippen molar-refractivity contribution in [2.24, 2.45) is 5.41 Å². The van der Waals surface area contributed by atoms with E-state index in [1.54, 1.807) is 11.2 Å². The molecule has 0 amide bonds. The van der Waals surface area contributed by atoms with Crippen molar-refractivity contribution in [2.75, 3.05) is 18.8 Å². The van der Waals surface area contributed by atoms with Gasteiger partial charge in [-0.3, -0.25) is 0 Å². The van der Waals surface area contributed by atoms with Crippen LogP contribution in [0.1, 0.15) is 33.6 Å². The predicted octanol–water partition coefficient (Wildman–Crippen LogP) is 1.46. The van der Waals surface area contributed by atoms with Crippen molar-refractivity contribution in [1.29, 1.82) is 0 Å². The van der Waals surface area contributed by atoms with E-state index >= 15 is 0 Å². The van der Waals surface area contributed by atoms with Crippen molar-refractivity contribution in [1.82, 2.24) is 4.31 Å². The Bertz CT molecular complexity index is 273.